The number of ether oxygens (including phenoxy) is 1. The lowest BCUT2D eigenvalue weighted by Gasteiger charge is -2.37. The Morgan fingerprint density at radius 3 is 2.74 bits per heavy atom. The van der Waals surface area contributed by atoms with Crippen molar-refractivity contribution in [1.82, 2.24) is 10.2 Å². The van der Waals surface area contributed by atoms with Gasteiger partial charge in [0.1, 0.15) is 0 Å². The van der Waals surface area contributed by atoms with Crippen LogP contribution in [0.2, 0.25) is 0 Å². The van der Waals surface area contributed by atoms with E-state index in [1.54, 1.807) is 0 Å². The maximum Gasteiger partial charge on any atom is 0.305 e. The Kier molecular flexibility index (Phi) is 5.64. The van der Waals surface area contributed by atoms with Gasteiger partial charge >= 0.3 is 5.97 Å². The van der Waals surface area contributed by atoms with Crippen molar-refractivity contribution in [3.8, 4) is 0 Å². The van der Waals surface area contributed by atoms with E-state index in [0.717, 1.165) is 32.0 Å². The highest BCUT2D eigenvalue weighted by atomic mass is 16.5. The van der Waals surface area contributed by atoms with Crippen LogP contribution in [-0.4, -0.2) is 50.2 Å². The van der Waals surface area contributed by atoms with Crippen LogP contribution in [0.15, 0.2) is 0 Å². The summed E-state index contributed by atoms with van der Waals surface area (Å²) in [7, 11) is 1.47. The lowest BCUT2D eigenvalue weighted by molar-refractivity contribution is -0.141. The Hall–Kier alpha value is -0.610. The zero-order valence-corrected chi connectivity index (χ0v) is 12.4. The van der Waals surface area contributed by atoms with Crippen LogP contribution in [-0.2, 0) is 9.53 Å². The third kappa shape index (κ3) is 5.11. The fraction of sp³-hybridized carbons (Fsp3) is 0.933. The highest BCUT2D eigenvalue weighted by Crippen LogP contribution is 2.28. The first kappa shape index (κ1) is 14.8. The van der Waals surface area contributed by atoms with Crippen LogP contribution in [0.25, 0.3) is 0 Å². The molecule has 4 heteroatoms. The number of hydrogen-bond acceptors (Lipinski definition) is 4. The van der Waals surface area contributed by atoms with Crippen molar-refractivity contribution < 1.29 is 9.53 Å². The predicted molar refractivity (Wildman–Crippen MR) is 76.0 cm³/mol. The molecule has 0 aromatic rings. The number of methoxy groups -OCH3 is 1. The number of likely N-dealkylation sites (N-methyl/N-ethyl adjacent to an activating group) is 1. The quantitative estimate of drug-likeness (QED) is 0.713. The molecule has 4 nitrogen and oxygen atoms in total. The minimum Gasteiger partial charge on any atom is -0.469 e. The summed E-state index contributed by atoms with van der Waals surface area (Å²) in [5.74, 6) is 1.49. The number of piperidine rings is 1. The molecule has 19 heavy (non-hydrogen) atoms. The van der Waals surface area contributed by atoms with Crippen LogP contribution in [0.5, 0.6) is 0 Å². The molecule has 110 valence electrons. The summed E-state index contributed by atoms with van der Waals surface area (Å²) < 4.78 is 4.74. The molecule has 1 saturated carbocycles. The zero-order chi connectivity index (χ0) is 13.7. The smallest absolute Gasteiger partial charge is 0.305 e. The molecule has 0 radical (unpaired) electrons. The first-order valence-electron chi connectivity index (χ1n) is 7.73. The Morgan fingerprint density at radius 1 is 1.32 bits per heavy atom. The van der Waals surface area contributed by atoms with E-state index in [-0.39, 0.29) is 5.97 Å². The van der Waals surface area contributed by atoms with E-state index in [1.165, 1.54) is 32.9 Å². The van der Waals surface area contributed by atoms with E-state index in [9.17, 15) is 4.79 Å². The molecule has 0 aromatic heterocycles. The average molecular weight is 268 g/mol. The lowest BCUT2D eigenvalue weighted by atomic mass is 9.90. The molecule has 2 rings (SSSR count). The van der Waals surface area contributed by atoms with Gasteiger partial charge in [-0.15, -0.1) is 0 Å². The van der Waals surface area contributed by atoms with Gasteiger partial charge in [-0.2, -0.15) is 0 Å². The van der Waals surface area contributed by atoms with Gasteiger partial charge in [0.05, 0.1) is 7.11 Å². The fourth-order valence-electron chi connectivity index (χ4n) is 3.00. The third-order valence-corrected chi connectivity index (χ3v) is 4.44. The molecule has 2 fully saturated rings. The van der Waals surface area contributed by atoms with Gasteiger partial charge in [0, 0.05) is 25.6 Å². The third-order valence-electron chi connectivity index (χ3n) is 4.44. The second-order valence-corrected chi connectivity index (χ2v) is 6.12. The van der Waals surface area contributed by atoms with Gasteiger partial charge in [-0.05, 0) is 50.6 Å². The molecule has 1 aliphatic heterocycles. The largest absolute Gasteiger partial charge is 0.469 e. The van der Waals surface area contributed by atoms with Crippen molar-refractivity contribution >= 4 is 5.97 Å². The number of esters is 1. The zero-order valence-electron chi connectivity index (χ0n) is 12.4. The highest BCUT2D eigenvalue weighted by molar-refractivity contribution is 5.69. The second kappa shape index (κ2) is 7.25. The van der Waals surface area contributed by atoms with Crippen molar-refractivity contribution in [1.29, 1.82) is 0 Å². The maximum absolute atomic E-state index is 11.3. The molecule has 2 atom stereocenters. The van der Waals surface area contributed by atoms with E-state index in [4.69, 9.17) is 4.74 Å². The van der Waals surface area contributed by atoms with Crippen molar-refractivity contribution in [3.05, 3.63) is 0 Å². The van der Waals surface area contributed by atoms with Crippen LogP contribution in [0, 0.1) is 11.8 Å². The Morgan fingerprint density at radius 2 is 2.11 bits per heavy atom. The van der Waals surface area contributed by atoms with Crippen LogP contribution in [0.1, 0.15) is 39.0 Å². The molecule has 1 saturated heterocycles. The van der Waals surface area contributed by atoms with E-state index in [2.05, 4.69) is 17.1 Å². The van der Waals surface area contributed by atoms with Crippen molar-refractivity contribution in [2.24, 2.45) is 11.8 Å². The number of nitrogens with zero attached hydrogens (tertiary/aromatic N) is 1. The second-order valence-electron chi connectivity index (χ2n) is 6.12. The molecule has 1 N–H and O–H groups in total. The van der Waals surface area contributed by atoms with E-state index in [1.807, 2.05) is 0 Å². The van der Waals surface area contributed by atoms with Gasteiger partial charge in [-0.1, -0.05) is 6.92 Å². The normalized spacial score (nSPS) is 28.3. The SMILES string of the molecule is CCN1CC(CCC(=O)OC)CC(NCC2CC2)C1. The number of carbonyl (C=O) groups is 1. The molecule has 0 aromatic carbocycles. The molecule has 1 heterocycles. The van der Waals surface area contributed by atoms with Crippen LogP contribution in [0.3, 0.4) is 0 Å². The summed E-state index contributed by atoms with van der Waals surface area (Å²) in [6.07, 6.45) is 5.55. The topological polar surface area (TPSA) is 41.6 Å². The number of hydrogen-bond donors (Lipinski definition) is 1. The summed E-state index contributed by atoms with van der Waals surface area (Å²) in [6.45, 7) is 6.82. The number of carbonyl (C=O) groups excluding carboxylic acids is 1. The summed E-state index contributed by atoms with van der Waals surface area (Å²) >= 11 is 0. The van der Waals surface area contributed by atoms with Crippen LogP contribution in [0.4, 0.5) is 0 Å². The number of nitrogens with one attached hydrogen (secondary N) is 1. The molecular weight excluding hydrogens is 240 g/mol. The molecule has 2 unspecified atom stereocenters. The predicted octanol–water partition coefficient (Wildman–Crippen LogP) is 1.65. The molecule has 0 bridgehead atoms. The van der Waals surface area contributed by atoms with Gasteiger partial charge in [0.25, 0.3) is 0 Å². The maximum atomic E-state index is 11.3. The molecule has 1 aliphatic carbocycles. The van der Waals surface area contributed by atoms with Gasteiger partial charge < -0.3 is 15.0 Å². The highest BCUT2D eigenvalue weighted by Gasteiger charge is 2.28. The van der Waals surface area contributed by atoms with Crippen molar-refractivity contribution in [2.45, 2.75) is 45.1 Å². The average Bonchev–Trinajstić information content (AvgIpc) is 3.26. The van der Waals surface area contributed by atoms with Gasteiger partial charge in [0.15, 0.2) is 0 Å². The summed E-state index contributed by atoms with van der Waals surface area (Å²) in [6, 6.07) is 0.608. The first-order chi connectivity index (χ1) is 9.21. The van der Waals surface area contributed by atoms with E-state index < -0.39 is 0 Å². The Labute approximate surface area is 116 Å². The lowest BCUT2D eigenvalue weighted by Crippen LogP contribution is -2.49. The number of rotatable bonds is 7. The van der Waals surface area contributed by atoms with Gasteiger partial charge in [-0.3, -0.25) is 4.79 Å². The molecular formula is C15H28N2O2. The molecule has 0 spiro atoms. The molecule has 0 amide bonds. The summed E-state index contributed by atoms with van der Waals surface area (Å²) in [4.78, 5) is 13.8. The fourth-order valence-corrected chi connectivity index (χ4v) is 3.00. The first-order valence-corrected chi connectivity index (χ1v) is 7.73. The van der Waals surface area contributed by atoms with Crippen LogP contribution >= 0.6 is 0 Å². The van der Waals surface area contributed by atoms with Gasteiger partial charge in [-0.25, -0.2) is 0 Å². The summed E-state index contributed by atoms with van der Waals surface area (Å²) in [5, 5.41) is 3.72. The van der Waals surface area contributed by atoms with Crippen molar-refractivity contribution in [3.63, 3.8) is 0 Å². The van der Waals surface area contributed by atoms with E-state index in [0.29, 0.717) is 18.4 Å². The minimum atomic E-state index is -0.0730. The standard InChI is InChI=1S/C15H28N2O2/c1-3-17-10-13(6-7-15(18)19-2)8-14(11-17)16-9-12-4-5-12/h12-14,16H,3-11H2,1-2H3. The minimum absolute atomic E-state index is 0.0730. The Balaban J connectivity index is 1.75. The van der Waals surface area contributed by atoms with E-state index >= 15 is 0 Å². The molecule has 2 aliphatic rings. The van der Waals surface area contributed by atoms with Crippen molar-refractivity contribution in [2.75, 3.05) is 33.3 Å². The number of likely N-dealkylation sites (tertiary alicyclic amines) is 1. The summed E-state index contributed by atoms with van der Waals surface area (Å²) in [5.41, 5.74) is 0. The Bertz CT molecular complexity index is 292. The van der Waals surface area contributed by atoms with Gasteiger partial charge in [0.2, 0.25) is 0 Å². The van der Waals surface area contributed by atoms with Crippen LogP contribution < -0.4 is 5.32 Å². The monoisotopic (exact) mass is 268 g/mol.